The summed E-state index contributed by atoms with van der Waals surface area (Å²) in [5, 5.41) is 0. The second-order valence-corrected chi connectivity index (χ2v) is 8.15. The van der Waals surface area contributed by atoms with E-state index < -0.39 is 5.82 Å². The van der Waals surface area contributed by atoms with Gasteiger partial charge < -0.3 is 9.64 Å². The average Bonchev–Trinajstić information content (AvgIpc) is 2.80. The van der Waals surface area contributed by atoms with Crippen LogP contribution in [0.3, 0.4) is 0 Å². The summed E-state index contributed by atoms with van der Waals surface area (Å²) >= 11 is 0. The van der Waals surface area contributed by atoms with E-state index in [4.69, 9.17) is 9.72 Å². The summed E-state index contributed by atoms with van der Waals surface area (Å²) in [6, 6.07) is 6.48. The Labute approximate surface area is 187 Å². The molecule has 2 aromatic heterocycles. The lowest BCUT2D eigenvalue weighted by Crippen LogP contribution is -2.40. The number of rotatable bonds is 5. The summed E-state index contributed by atoms with van der Waals surface area (Å²) in [6.45, 7) is 4.52. The third-order valence-electron chi connectivity index (χ3n) is 5.96. The van der Waals surface area contributed by atoms with Crippen LogP contribution >= 0.6 is 0 Å². The van der Waals surface area contributed by atoms with Gasteiger partial charge >= 0.3 is 0 Å². The summed E-state index contributed by atoms with van der Waals surface area (Å²) in [6.07, 6.45) is 8.34. The van der Waals surface area contributed by atoms with Gasteiger partial charge in [-0.15, -0.1) is 0 Å². The molecule has 1 aromatic carbocycles. The summed E-state index contributed by atoms with van der Waals surface area (Å²) in [4.78, 5) is 28.6. The molecule has 0 unspecified atom stereocenters. The van der Waals surface area contributed by atoms with Crippen molar-refractivity contribution < 1.29 is 13.9 Å². The first-order valence-corrected chi connectivity index (χ1v) is 10.8. The van der Waals surface area contributed by atoms with Crippen LogP contribution in [0.4, 0.5) is 4.39 Å². The fraction of sp³-hybridized carbons (Fsp3) is 0.360. The van der Waals surface area contributed by atoms with Gasteiger partial charge in [-0.25, -0.2) is 14.4 Å². The second-order valence-electron chi connectivity index (χ2n) is 8.15. The molecule has 1 aliphatic rings. The van der Waals surface area contributed by atoms with Crippen molar-refractivity contribution in [1.82, 2.24) is 19.9 Å². The van der Waals surface area contributed by atoms with Crippen LogP contribution in [0.5, 0.6) is 5.75 Å². The number of likely N-dealkylation sites (tertiary alicyclic amines) is 1. The molecule has 6 nitrogen and oxygen atoms in total. The monoisotopic (exact) mass is 434 g/mol. The lowest BCUT2D eigenvalue weighted by molar-refractivity contribution is -0.134. The number of hydrogen-bond acceptors (Lipinski definition) is 5. The third-order valence-corrected chi connectivity index (χ3v) is 5.96. The van der Waals surface area contributed by atoms with Gasteiger partial charge in [0.1, 0.15) is 5.82 Å². The summed E-state index contributed by atoms with van der Waals surface area (Å²) in [7, 11) is 1.42. The Kier molecular flexibility index (Phi) is 6.44. The van der Waals surface area contributed by atoms with E-state index in [0.717, 1.165) is 41.6 Å². The molecule has 3 heterocycles. The van der Waals surface area contributed by atoms with Gasteiger partial charge in [0.25, 0.3) is 0 Å². The highest BCUT2D eigenvalue weighted by Crippen LogP contribution is 2.36. The number of hydrogen-bond donors (Lipinski definition) is 0. The summed E-state index contributed by atoms with van der Waals surface area (Å²) in [5.41, 5.74) is 4.46. The number of nitrogens with zero attached hydrogens (tertiary/aromatic N) is 4. The van der Waals surface area contributed by atoms with Crippen LogP contribution in [0.1, 0.15) is 47.9 Å². The Morgan fingerprint density at radius 1 is 1.19 bits per heavy atom. The SMILES string of the molecule is COc1ccc(CC(=O)N2CCCC[C@@H]2c2nc(C)ncc2-c2ccncc2C)cc1F. The predicted octanol–water partition coefficient (Wildman–Crippen LogP) is 4.60. The highest BCUT2D eigenvalue weighted by Gasteiger charge is 2.31. The normalized spacial score (nSPS) is 16.1. The lowest BCUT2D eigenvalue weighted by atomic mass is 9.92. The van der Waals surface area contributed by atoms with Gasteiger partial charge in [0.2, 0.25) is 5.91 Å². The molecule has 0 bridgehead atoms. The lowest BCUT2D eigenvalue weighted by Gasteiger charge is -2.36. The van der Waals surface area contributed by atoms with Gasteiger partial charge in [-0.3, -0.25) is 9.78 Å². The van der Waals surface area contributed by atoms with Crippen LogP contribution < -0.4 is 4.74 Å². The predicted molar refractivity (Wildman–Crippen MR) is 120 cm³/mol. The number of benzene rings is 1. The molecule has 0 radical (unpaired) electrons. The van der Waals surface area contributed by atoms with E-state index in [-0.39, 0.29) is 24.1 Å². The maximum atomic E-state index is 14.1. The molecule has 0 spiro atoms. The zero-order valence-electron chi connectivity index (χ0n) is 18.6. The first-order chi connectivity index (χ1) is 15.5. The summed E-state index contributed by atoms with van der Waals surface area (Å²) < 4.78 is 19.1. The number of methoxy groups -OCH3 is 1. The highest BCUT2D eigenvalue weighted by atomic mass is 19.1. The van der Waals surface area contributed by atoms with E-state index >= 15 is 0 Å². The molecule has 1 saturated heterocycles. The van der Waals surface area contributed by atoms with Gasteiger partial charge in [0.05, 0.1) is 25.3 Å². The van der Waals surface area contributed by atoms with E-state index in [0.29, 0.717) is 17.9 Å². The molecular weight excluding hydrogens is 407 g/mol. The Balaban J connectivity index is 1.67. The topological polar surface area (TPSA) is 68.2 Å². The van der Waals surface area contributed by atoms with Crippen molar-refractivity contribution in [3.05, 3.63) is 71.3 Å². The first kappa shape index (κ1) is 21.9. The molecule has 0 saturated carbocycles. The van der Waals surface area contributed by atoms with Gasteiger partial charge in [-0.05, 0) is 68.0 Å². The minimum absolute atomic E-state index is 0.0343. The quantitative estimate of drug-likeness (QED) is 0.587. The molecule has 1 atom stereocenters. The Bertz CT molecular complexity index is 1130. The van der Waals surface area contributed by atoms with Crippen LogP contribution in [0.2, 0.25) is 0 Å². The smallest absolute Gasteiger partial charge is 0.227 e. The van der Waals surface area contributed by atoms with Gasteiger partial charge in [-0.1, -0.05) is 6.07 Å². The summed E-state index contributed by atoms with van der Waals surface area (Å²) in [5.74, 6) is 0.347. The van der Waals surface area contributed by atoms with E-state index in [1.54, 1.807) is 18.3 Å². The zero-order chi connectivity index (χ0) is 22.7. The number of carbonyl (C=O) groups excluding carboxylic acids is 1. The number of amides is 1. The number of ether oxygens (including phenoxy) is 1. The van der Waals surface area contributed by atoms with Crippen molar-refractivity contribution in [2.24, 2.45) is 0 Å². The fourth-order valence-corrected chi connectivity index (χ4v) is 4.34. The second kappa shape index (κ2) is 9.42. The molecule has 0 aliphatic carbocycles. The number of pyridine rings is 1. The van der Waals surface area contributed by atoms with Crippen molar-refractivity contribution >= 4 is 5.91 Å². The van der Waals surface area contributed by atoms with E-state index in [1.165, 1.54) is 13.2 Å². The average molecular weight is 435 g/mol. The van der Waals surface area contributed by atoms with Crippen LogP contribution in [-0.4, -0.2) is 39.4 Å². The van der Waals surface area contributed by atoms with Crippen LogP contribution in [-0.2, 0) is 11.2 Å². The molecule has 7 heteroatoms. The maximum Gasteiger partial charge on any atom is 0.227 e. The minimum Gasteiger partial charge on any atom is -0.494 e. The molecule has 1 amide bonds. The maximum absolute atomic E-state index is 14.1. The Hall–Kier alpha value is -3.35. The number of aromatic nitrogens is 3. The van der Waals surface area contributed by atoms with E-state index in [9.17, 15) is 9.18 Å². The molecular formula is C25H27FN4O2. The standard InChI is InChI=1S/C25H27FN4O2/c1-16-14-27-10-9-19(16)20-15-28-17(2)29-25(20)22-6-4-5-11-30(22)24(31)13-18-7-8-23(32-3)21(26)12-18/h7-10,12,14-15,22H,4-6,11,13H2,1-3H3/t22-/m1/s1. The van der Waals surface area contributed by atoms with Gasteiger partial charge in [0.15, 0.2) is 11.6 Å². The van der Waals surface area contributed by atoms with Crippen molar-refractivity contribution in [3.8, 4) is 16.9 Å². The molecule has 32 heavy (non-hydrogen) atoms. The van der Waals surface area contributed by atoms with E-state index in [1.807, 2.05) is 37.2 Å². The van der Waals surface area contributed by atoms with Crippen molar-refractivity contribution in [3.63, 3.8) is 0 Å². The van der Waals surface area contributed by atoms with Crippen LogP contribution in [0, 0.1) is 19.7 Å². The number of piperidine rings is 1. The van der Waals surface area contributed by atoms with E-state index in [2.05, 4.69) is 9.97 Å². The van der Waals surface area contributed by atoms with Crippen molar-refractivity contribution in [2.45, 2.75) is 45.6 Å². The van der Waals surface area contributed by atoms with Gasteiger partial charge in [0, 0.05) is 30.7 Å². The molecule has 166 valence electrons. The molecule has 1 aliphatic heterocycles. The Morgan fingerprint density at radius 3 is 2.78 bits per heavy atom. The minimum atomic E-state index is -0.463. The fourth-order valence-electron chi connectivity index (χ4n) is 4.34. The van der Waals surface area contributed by atoms with Crippen molar-refractivity contribution in [2.75, 3.05) is 13.7 Å². The molecule has 3 aromatic rings. The highest BCUT2D eigenvalue weighted by molar-refractivity contribution is 5.80. The first-order valence-electron chi connectivity index (χ1n) is 10.8. The largest absolute Gasteiger partial charge is 0.494 e. The van der Waals surface area contributed by atoms with Crippen LogP contribution in [0.25, 0.3) is 11.1 Å². The van der Waals surface area contributed by atoms with Crippen molar-refractivity contribution in [1.29, 1.82) is 0 Å². The zero-order valence-corrected chi connectivity index (χ0v) is 18.6. The Morgan fingerprint density at radius 2 is 2.03 bits per heavy atom. The van der Waals surface area contributed by atoms with Gasteiger partial charge in [-0.2, -0.15) is 0 Å². The molecule has 4 rings (SSSR count). The third kappa shape index (κ3) is 4.47. The number of aryl methyl sites for hydroxylation is 2. The number of carbonyl (C=O) groups is 1. The molecule has 0 N–H and O–H groups in total. The molecule has 1 fully saturated rings. The number of halogens is 1. The van der Waals surface area contributed by atoms with Crippen LogP contribution in [0.15, 0.2) is 42.9 Å².